The van der Waals surface area contributed by atoms with Crippen molar-refractivity contribution >= 4 is 17.2 Å². The summed E-state index contributed by atoms with van der Waals surface area (Å²) in [5, 5.41) is 4.42. The predicted molar refractivity (Wildman–Crippen MR) is 126 cm³/mol. The lowest BCUT2D eigenvalue weighted by Gasteiger charge is -2.28. The highest BCUT2D eigenvalue weighted by atomic mass is 35.5. The van der Waals surface area contributed by atoms with Gasteiger partial charge in [-0.05, 0) is 57.7 Å². The predicted octanol–water partition coefficient (Wildman–Crippen LogP) is 5.06. The van der Waals surface area contributed by atoms with E-state index >= 15 is 0 Å². The summed E-state index contributed by atoms with van der Waals surface area (Å²) in [6.07, 6.45) is 4.78. The van der Waals surface area contributed by atoms with Gasteiger partial charge in [-0.1, -0.05) is 16.8 Å². The first kappa shape index (κ1) is 22.3. The Kier molecular flexibility index (Phi) is 5.41. The maximum absolute atomic E-state index is 15.0. The minimum Gasteiger partial charge on any atom is -0.370 e. The van der Waals surface area contributed by atoms with Gasteiger partial charge in [0.05, 0.1) is 5.69 Å². The van der Waals surface area contributed by atoms with Gasteiger partial charge in [0.1, 0.15) is 17.6 Å². The lowest BCUT2D eigenvalue weighted by Crippen LogP contribution is -2.24. The van der Waals surface area contributed by atoms with Gasteiger partial charge in [-0.2, -0.15) is 4.98 Å². The molecule has 6 rings (SSSR count). The van der Waals surface area contributed by atoms with Crippen molar-refractivity contribution in [3.63, 3.8) is 0 Å². The number of aryl methyl sites for hydroxylation is 1. The molecular weight excluding hydrogens is 473 g/mol. The lowest BCUT2D eigenvalue weighted by molar-refractivity contribution is -0.00184. The summed E-state index contributed by atoms with van der Waals surface area (Å²) in [6.45, 7) is 3.97. The highest BCUT2D eigenvalue weighted by Crippen LogP contribution is 2.41. The average molecular weight is 496 g/mol. The van der Waals surface area contributed by atoms with Crippen LogP contribution in [0.15, 0.2) is 33.7 Å². The van der Waals surface area contributed by atoms with Gasteiger partial charge in [0.15, 0.2) is 5.65 Å². The van der Waals surface area contributed by atoms with Gasteiger partial charge in [-0.25, -0.2) is 14.4 Å². The number of fused-ring (bicyclic) bond motifs is 1. The number of hydrogen-bond acceptors (Lipinski definition) is 7. The Morgan fingerprint density at radius 1 is 1.11 bits per heavy atom. The zero-order valence-electron chi connectivity index (χ0n) is 19.3. The van der Waals surface area contributed by atoms with Crippen LogP contribution < -0.4 is 5.56 Å². The number of benzene rings is 1. The molecule has 2 aliphatic rings. The molecule has 3 aromatic heterocycles. The summed E-state index contributed by atoms with van der Waals surface area (Å²) in [5.74, 6) is 0.982. The number of rotatable bonds is 4. The van der Waals surface area contributed by atoms with Crippen LogP contribution in [-0.2, 0) is 4.74 Å². The van der Waals surface area contributed by atoms with Crippen LogP contribution >= 0.6 is 11.6 Å². The van der Waals surface area contributed by atoms with Crippen molar-refractivity contribution in [3.8, 4) is 11.3 Å². The van der Waals surface area contributed by atoms with Crippen LogP contribution in [0.2, 0.25) is 5.02 Å². The van der Waals surface area contributed by atoms with Gasteiger partial charge in [-0.3, -0.25) is 9.20 Å². The largest absolute Gasteiger partial charge is 0.370 e. The van der Waals surface area contributed by atoms with E-state index in [9.17, 15) is 9.18 Å². The smallest absolute Gasteiger partial charge is 0.261 e. The molecule has 35 heavy (non-hydrogen) atoms. The monoisotopic (exact) mass is 495 g/mol. The van der Waals surface area contributed by atoms with Crippen LogP contribution in [0.25, 0.3) is 16.9 Å². The summed E-state index contributed by atoms with van der Waals surface area (Å²) in [6, 6.07) is 4.40. The van der Waals surface area contributed by atoms with E-state index < -0.39 is 5.82 Å². The van der Waals surface area contributed by atoms with Gasteiger partial charge in [0, 0.05) is 46.5 Å². The van der Waals surface area contributed by atoms with Crippen molar-refractivity contribution < 1.29 is 13.7 Å². The second-order valence-corrected chi connectivity index (χ2v) is 9.74. The summed E-state index contributed by atoms with van der Waals surface area (Å²) in [5.41, 5.74) is 2.41. The topological polar surface area (TPSA) is 95.4 Å². The Balaban J connectivity index is 1.45. The fraction of sp³-hybridized carbons (Fsp3) is 0.400. The van der Waals surface area contributed by atoms with E-state index in [1.165, 1.54) is 10.5 Å². The maximum Gasteiger partial charge on any atom is 0.261 e. The molecule has 4 heterocycles. The third-order valence-corrected chi connectivity index (χ3v) is 7.09. The van der Waals surface area contributed by atoms with Gasteiger partial charge in [0.25, 0.3) is 5.56 Å². The molecule has 0 radical (unpaired) electrons. The molecule has 1 aromatic carbocycles. The first-order valence-electron chi connectivity index (χ1n) is 11.7. The summed E-state index contributed by atoms with van der Waals surface area (Å²) >= 11 is 5.98. The van der Waals surface area contributed by atoms with Crippen molar-refractivity contribution in [2.24, 2.45) is 0 Å². The molecule has 0 bridgehead atoms. The van der Waals surface area contributed by atoms with E-state index in [1.807, 2.05) is 0 Å². The number of hydrogen-bond donors (Lipinski definition) is 0. The fourth-order valence-corrected chi connectivity index (χ4v) is 4.69. The molecule has 1 saturated heterocycles. The third-order valence-electron chi connectivity index (χ3n) is 6.86. The van der Waals surface area contributed by atoms with E-state index in [4.69, 9.17) is 25.8 Å². The third kappa shape index (κ3) is 4.02. The number of aromatic nitrogens is 5. The van der Waals surface area contributed by atoms with Gasteiger partial charge in [-0.15, -0.1) is 0 Å². The van der Waals surface area contributed by atoms with Gasteiger partial charge in [0.2, 0.25) is 11.7 Å². The normalized spacial score (nSPS) is 20.5. The minimum atomic E-state index is -0.527. The molecule has 4 aromatic rings. The van der Waals surface area contributed by atoms with Crippen molar-refractivity contribution in [2.75, 3.05) is 6.61 Å². The Bertz CT molecular complexity index is 1510. The molecular formula is C25H23ClFN5O3. The van der Waals surface area contributed by atoms with E-state index in [0.717, 1.165) is 12.8 Å². The molecule has 2 fully saturated rings. The van der Waals surface area contributed by atoms with Crippen molar-refractivity contribution in [1.29, 1.82) is 0 Å². The van der Waals surface area contributed by atoms with Crippen LogP contribution in [0.5, 0.6) is 0 Å². The van der Waals surface area contributed by atoms with E-state index in [2.05, 4.69) is 15.1 Å². The highest BCUT2D eigenvalue weighted by Gasteiger charge is 2.34. The second kappa shape index (κ2) is 8.49. The molecule has 0 N–H and O–H groups in total. The minimum absolute atomic E-state index is 0.0522. The summed E-state index contributed by atoms with van der Waals surface area (Å²) in [7, 11) is 0. The first-order chi connectivity index (χ1) is 16.9. The summed E-state index contributed by atoms with van der Waals surface area (Å²) < 4.78 is 27.8. The van der Waals surface area contributed by atoms with Crippen LogP contribution in [0.4, 0.5) is 4.39 Å². The van der Waals surface area contributed by atoms with Crippen molar-refractivity contribution in [3.05, 3.63) is 74.3 Å². The molecule has 1 aliphatic heterocycles. The van der Waals surface area contributed by atoms with Crippen LogP contribution in [0.3, 0.4) is 0 Å². The standard InChI is InChI=1S/C25H23ClFN5O3/c1-12-13(2)28-23-21(17-6-5-16(26)10-18(17)27)29-19(11-32(23)25(12)33)15-7-8-34-20(9-15)22-30-24(35-31-22)14-3-4-14/h5-6,10-11,14-15,20H,3-4,7-9H2,1-2H3/t15-,20-/m1/s1. The van der Waals surface area contributed by atoms with E-state index in [-0.39, 0.29) is 28.2 Å². The molecule has 180 valence electrons. The molecule has 0 amide bonds. The molecule has 0 spiro atoms. The van der Waals surface area contributed by atoms with Gasteiger partial charge < -0.3 is 9.26 Å². The molecule has 1 saturated carbocycles. The zero-order valence-corrected chi connectivity index (χ0v) is 20.0. The van der Waals surface area contributed by atoms with E-state index in [1.54, 1.807) is 32.2 Å². The van der Waals surface area contributed by atoms with Gasteiger partial charge >= 0.3 is 0 Å². The molecule has 8 nitrogen and oxygen atoms in total. The first-order valence-corrected chi connectivity index (χ1v) is 12.1. The molecule has 1 aliphatic carbocycles. The highest BCUT2D eigenvalue weighted by molar-refractivity contribution is 6.30. The maximum atomic E-state index is 15.0. The Morgan fingerprint density at radius 2 is 1.94 bits per heavy atom. The van der Waals surface area contributed by atoms with Crippen molar-refractivity contribution in [1.82, 2.24) is 24.5 Å². The second-order valence-electron chi connectivity index (χ2n) is 9.31. The van der Waals surface area contributed by atoms with Crippen LogP contribution in [-0.4, -0.2) is 31.1 Å². The lowest BCUT2D eigenvalue weighted by atomic mass is 9.92. The van der Waals surface area contributed by atoms with Crippen LogP contribution in [0.1, 0.15) is 72.3 Å². The quantitative estimate of drug-likeness (QED) is 0.390. The Hall–Kier alpha value is -3.17. The molecule has 2 atom stereocenters. The number of halogens is 2. The summed E-state index contributed by atoms with van der Waals surface area (Å²) in [4.78, 5) is 27.2. The number of ether oxygens (including phenoxy) is 1. The Morgan fingerprint density at radius 3 is 2.71 bits per heavy atom. The average Bonchev–Trinajstić information content (AvgIpc) is 3.59. The van der Waals surface area contributed by atoms with E-state index in [0.29, 0.717) is 65.4 Å². The SMILES string of the molecule is Cc1nc2c(-c3ccc(Cl)cc3F)nc([C@@H]3CCO[C@@H](c4noc(C5CC5)n4)C3)cn2c(=O)c1C. The fourth-order valence-electron chi connectivity index (χ4n) is 4.53. The van der Waals surface area contributed by atoms with Crippen LogP contribution in [0, 0.1) is 19.7 Å². The molecule has 10 heteroatoms. The molecule has 0 unspecified atom stereocenters. The zero-order chi connectivity index (χ0) is 24.3. The Labute approximate surface area is 205 Å². The number of nitrogens with zero attached hydrogens (tertiary/aromatic N) is 5. The van der Waals surface area contributed by atoms with Crippen molar-refractivity contribution in [2.45, 2.75) is 57.5 Å².